The van der Waals surface area contributed by atoms with Gasteiger partial charge < -0.3 is 15.7 Å². The van der Waals surface area contributed by atoms with Gasteiger partial charge in [0, 0.05) is 18.3 Å². The molecule has 36 heavy (non-hydrogen) atoms. The maximum atomic E-state index is 12.6. The zero-order valence-electron chi connectivity index (χ0n) is 18.8. The largest absolute Gasteiger partial charge is 0.480 e. The Morgan fingerprint density at radius 2 is 1.47 bits per heavy atom. The average Bonchev–Trinajstić information content (AvgIpc) is 2.88. The van der Waals surface area contributed by atoms with Crippen molar-refractivity contribution in [2.75, 3.05) is 13.1 Å². The summed E-state index contributed by atoms with van der Waals surface area (Å²) in [6.07, 6.45) is 1.48. The Balaban J connectivity index is 1.55. The van der Waals surface area contributed by atoms with E-state index in [2.05, 4.69) is 15.6 Å². The van der Waals surface area contributed by atoms with E-state index in [0.29, 0.717) is 18.5 Å². The Hall–Kier alpha value is -4.58. The van der Waals surface area contributed by atoms with Crippen molar-refractivity contribution in [2.24, 2.45) is 0 Å². The van der Waals surface area contributed by atoms with Crippen molar-refractivity contribution in [1.29, 1.82) is 0 Å². The van der Waals surface area contributed by atoms with Gasteiger partial charge in [-0.25, -0.2) is 13.1 Å². The summed E-state index contributed by atoms with van der Waals surface area (Å²) >= 11 is 0. The molecule has 0 saturated carbocycles. The molecule has 1 heterocycles. The summed E-state index contributed by atoms with van der Waals surface area (Å²) in [7, 11) is -4.18. The molecule has 0 spiro atoms. The maximum absolute atomic E-state index is 12.6. The molecule has 0 saturated heterocycles. The second-order valence-electron chi connectivity index (χ2n) is 7.46. The number of nitrogens with zero attached hydrogens (tertiary/aromatic N) is 1. The zero-order chi connectivity index (χ0) is 26.1. The number of sulfonamides is 1. The molecule has 0 radical (unpaired) electrons. The van der Waals surface area contributed by atoms with Crippen molar-refractivity contribution in [1.82, 2.24) is 20.3 Å². The van der Waals surface area contributed by atoms with E-state index in [4.69, 9.17) is 5.11 Å². The van der Waals surface area contributed by atoms with Gasteiger partial charge in [-0.2, -0.15) is 0 Å². The first-order valence-corrected chi connectivity index (χ1v) is 12.1. The molecule has 0 atom stereocenters. The maximum Gasteiger partial charge on any atom is 0.322 e. The highest BCUT2D eigenvalue weighted by atomic mass is 32.2. The highest BCUT2D eigenvalue weighted by Crippen LogP contribution is 2.12. The van der Waals surface area contributed by atoms with Crippen LogP contribution in [0.4, 0.5) is 0 Å². The van der Waals surface area contributed by atoms with Gasteiger partial charge in [0.05, 0.1) is 10.5 Å². The van der Waals surface area contributed by atoms with Gasteiger partial charge in [0.2, 0.25) is 0 Å². The second kappa shape index (κ2) is 11.7. The van der Waals surface area contributed by atoms with Crippen LogP contribution in [-0.2, 0) is 21.2 Å². The molecular weight excluding hydrogens is 488 g/mol. The lowest BCUT2D eigenvalue weighted by Crippen LogP contribution is -2.31. The molecule has 1 aromatic heterocycles. The molecule has 186 valence electrons. The van der Waals surface area contributed by atoms with Gasteiger partial charge in [-0.05, 0) is 48.4 Å². The van der Waals surface area contributed by atoms with Crippen molar-refractivity contribution in [3.05, 3.63) is 95.3 Å². The average molecular weight is 511 g/mol. The number of aromatic nitrogens is 1. The van der Waals surface area contributed by atoms with Gasteiger partial charge in [-0.15, -0.1) is 0 Å². The van der Waals surface area contributed by atoms with Crippen LogP contribution in [0.3, 0.4) is 0 Å². The standard InChI is InChI=1S/C24H22N4O7S/c29-21(30)15-27-24(33)20-11-8-18(14-26-20)23(32)28-36(34,35)19-9-6-16(7-10-19)12-13-25-22(31)17-4-2-1-3-5-17/h1-11,14H,12-13,15H2,(H,25,31)(H,27,33)(H,28,32)(H,29,30). The molecule has 4 N–H and O–H groups in total. The number of aliphatic carboxylic acids is 1. The third-order valence-electron chi connectivity index (χ3n) is 4.85. The number of amides is 3. The molecule has 0 aliphatic rings. The van der Waals surface area contributed by atoms with Crippen molar-refractivity contribution in [3.8, 4) is 0 Å². The molecule has 3 aromatic rings. The summed E-state index contributed by atoms with van der Waals surface area (Å²) < 4.78 is 27.1. The summed E-state index contributed by atoms with van der Waals surface area (Å²) in [5.74, 6) is -3.14. The molecule has 2 aromatic carbocycles. The fourth-order valence-corrected chi connectivity index (χ4v) is 3.97. The van der Waals surface area contributed by atoms with E-state index in [-0.39, 0.29) is 22.1 Å². The van der Waals surface area contributed by atoms with Crippen molar-refractivity contribution in [2.45, 2.75) is 11.3 Å². The van der Waals surface area contributed by atoms with E-state index in [1.165, 1.54) is 24.3 Å². The number of pyridine rings is 1. The van der Waals surface area contributed by atoms with Crippen LogP contribution in [-0.4, -0.2) is 55.3 Å². The van der Waals surface area contributed by atoms with E-state index in [1.807, 2.05) is 10.8 Å². The Morgan fingerprint density at radius 3 is 2.08 bits per heavy atom. The van der Waals surface area contributed by atoms with Crippen molar-refractivity contribution >= 4 is 33.7 Å². The molecule has 0 fully saturated rings. The van der Waals surface area contributed by atoms with Gasteiger partial charge in [0.25, 0.3) is 27.7 Å². The summed E-state index contributed by atoms with van der Waals surface area (Å²) in [5, 5.41) is 13.5. The Morgan fingerprint density at radius 1 is 0.778 bits per heavy atom. The number of rotatable bonds is 10. The van der Waals surface area contributed by atoms with Gasteiger partial charge >= 0.3 is 5.97 Å². The fraction of sp³-hybridized carbons (Fsp3) is 0.125. The lowest BCUT2D eigenvalue weighted by molar-refractivity contribution is -0.135. The summed E-state index contributed by atoms with van der Waals surface area (Å²) in [6.45, 7) is -0.240. The number of hydrogen-bond donors (Lipinski definition) is 4. The number of carbonyl (C=O) groups excluding carboxylic acids is 3. The monoisotopic (exact) mass is 510 g/mol. The first kappa shape index (κ1) is 26.0. The minimum absolute atomic E-state index is 0.112. The minimum Gasteiger partial charge on any atom is -0.480 e. The van der Waals surface area contributed by atoms with E-state index >= 15 is 0 Å². The number of carbonyl (C=O) groups is 4. The zero-order valence-corrected chi connectivity index (χ0v) is 19.6. The predicted octanol–water partition coefficient (Wildman–Crippen LogP) is 0.987. The molecule has 0 aliphatic carbocycles. The van der Waals surface area contributed by atoms with E-state index < -0.39 is 34.4 Å². The van der Waals surface area contributed by atoms with Gasteiger partial charge in [-0.1, -0.05) is 30.3 Å². The van der Waals surface area contributed by atoms with Gasteiger partial charge in [-0.3, -0.25) is 24.2 Å². The quantitative estimate of drug-likeness (QED) is 0.313. The van der Waals surface area contributed by atoms with E-state index in [9.17, 15) is 27.6 Å². The number of carboxylic acids is 1. The highest BCUT2D eigenvalue weighted by Gasteiger charge is 2.19. The normalized spacial score (nSPS) is 10.8. The Labute approximate surface area is 206 Å². The van der Waals surface area contributed by atoms with Crippen LogP contribution in [0.15, 0.2) is 77.8 Å². The molecule has 12 heteroatoms. The van der Waals surface area contributed by atoms with E-state index in [1.54, 1.807) is 36.4 Å². The van der Waals surface area contributed by atoms with Gasteiger partial charge in [0.1, 0.15) is 12.2 Å². The third kappa shape index (κ3) is 7.21. The number of carboxylic acid groups (broad SMARTS) is 1. The molecular formula is C24H22N4O7S. The van der Waals surface area contributed by atoms with Crippen LogP contribution in [0.5, 0.6) is 0 Å². The Bertz CT molecular complexity index is 1360. The summed E-state index contributed by atoms with van der Waals surface area (Å²) in [6, 6.07) is 17.0. The van der Waals surface area contributed by atoms with Crippen LogP contribution >= 0.6 is 0 Å². The van der Waals surface area contributed by atoms with Crippen LogP contribution in [0.25, 0.3) is 0 Å². The van der Waals surface area contributed by atoms with Crippen LogP contribution in [0, 0.1) is 0 Å². The van der Waals surface area contributed by atoms with Crippen LogP contribution in [0.1, 0.15) is 36.8 Å². The predicted molar refractivity (Wildman–Crippen MR) is 128 cm³/mol. The van der Waals surface area contributed by atoms with Crippen LogP contribution < -0.4 is 15.4 Å². The van der Waals surface area contributed by atoms with Crippen molar-refractivity contribution in [3.63, 3.8) is 0 Å². The number of benzene rings is 2. The second-order valence-corrected chi connectivity index (χ2v) is 9.14. The van der Waals surface area contributed by atoms with E-state index in [0.717, 1.165) is 11.8 Å². The lowest BCUT2D eigenvalue weighted by Gasteiger charge is -2.09. The smallest absolute Gasteiger partial charge is 0.322 e. The molecule has 11 nitrogen and oxygen atoms in total. The molecule has 0 aliphatic heterocycles. The topological polar surface area (TPSA) is 172 Å². The number of nitrogens with one attached hydrogen (secondary N) is 3. The first-order valence-electron chi connectivity index (χ1n) is 10.6. The number of hydrogen-bond acceptors (Lipinski definition) is 7. The first-order chi connectivity index (χ1) is 17.2. The minimum atomic E-state index is -4.18. The summed E-state index contributed by atoms with van der Waals surface area (Å²) in [5.41, 5.74) is 1.08. The molecule has 3 rings (SSSR count). The third-order valence-corrected chi connectivity index (χ3v) is 6.20. The molecule has 0 unspecified atom stereocenters. The fourth-order valence-electron chi connectivity index (χ4n) is 3.00. The highest BCUT2D eigenvalue weighted by molar-refractivity contribution is 7.90. The molecule has 0 bridgehead atoms. The SMILES string of the molecule is O=C(O)CNC(=O)c1ccc(C(=O)NS(=O)(=O)c2ccc(CCNC(=O)c3ccccc3)cc2)cn1. The Kier molecular flexibility index (Phi) is 8.47. The summed E-state index contributed by atoms with van der Waals surface area (Å²) in [4.78, 5) is 50.4. The van der Waals surface area contributed by atoms with Crippen molar-refractivity contribution < 1.29 is 32.7 Å². The van der Waals surface area contributed by atoms with Crippen LogP contribution in [0.2, 0.25) is 0 Å². The lowest BCUT2D eigenvalue weighted by atomic mass is 10.1. The molecule has 3 amide bonds. The van der Waals surface area contributed by atoms with Gasteiger partial charge in [0.15, 0.2) is 0 Å².